The van der Waals surface area contributed by atoms with Gasteiger partial charge >= 0.3 is 0 Å². The number of nitrogens with one attached hydrogen (secondary N) is 1. The number of carbonyl (C=O) groups is 1. The first-order valence-corrected chi connectivity index (χ1v) is 7.94. The van der Waals surface area contributed by atoms with Crippen molar-refractivity contribution in [3.8, 4) is 23.3 Å². The van der Waals surface area contributed by atoms with Crippen molar-refractivity contribution in [3.63, 3.8) is 0 Å². The molecule has 0 saturated carbocycles. The highest BCUT2D eigenvalue weighted by Crippen LogP contribution is 2.32. The average Bonchev–Trinajstić information content (AvgIpc) is 3.18. The molecule has 128 valence electrons. The van der Waals surface area contributed by atoms with Crippen molar-refractivity contribution in [2.75, 3.05) is 25.6 Å². The third-order valence-electron chi connectivity index (χ3n) is 3.94. The highest BCUT2D eigenvalue weighted by molar-refractivity contribution is 5.92. The largest absolute Gasteiger partial charge is 0.493 e. The van der Waals surface area contributed by atoms with E-state index in [2.05, 4.69) is 11.4 Å². The number of benzene rings is 2. The molecule has 0 spiro atoms. The van der Waals surface area contributed by atoms with Crippen LogP contribution in [0.1, 0.15) is 12.0 Å². The van der Waals surface area contributed by atoms with Gasteiger partial charge in [0.2, 0.25) is 5.91 Å². The fourth-order valence-electron chi connectivity index (χ4n) is 2.54. The van der Waals surface area contributed by atoms with Gasteiger partial charge in [-0.1, -0.05) is 0 Å². The number of hydrogen-bond acceptors (Lipinski definition) is 5. The zero-order chi connectivity index (χ0) is 17.6. The van der Waals surface area contributed by atoms with Gasteiger partial charge in [0, 0.05) is 18.4 Å². The summed E-state index contributed by atoms with van der Waals surface area (Å²) in [6.45, 7) is 1.11. The van der Waals surface area contributed by atoms with E-state index in [-0.39, 0.29) is 11.8 Å². The summed E-state index contributed by atoms with van der Waals surface area (Å²) in [5.41, 5.74) is 1.20. The lowest BCUT2D eigenvalue weighted by Crippen LogP contribution is -2.22. The van der Waals surface area contributed by atoms with E-state index in [9.17, 15) is 4.79 Å². The fourth-order valence-corrected chi connectivity index (χ4v) is 2.54. The third kappa shape index (κ3) is 4.08. The van der Waals surface area contributed by atoms with Gasteiger partial charge < -0.3 is 19.5 Å². The van der Waals surface area contributed by atoms with Crippen molar-refractivity contribution in [3.05, 3.63) is 48.0 Å². The lowest BCUT2D eigenvalue weighted by molar-refractivity contribution is -0.119. The van der Waals surface area contributed by atoms with Crippen LogP contribution in [-0.2, 0) is 9.53 Å². The molecule has 1 aliphatic heterocycles. The molecule has 1 heterocycles. The van der Waals surface area contributed by atoms with Gasteiger partial charge in [0.1, 0.15) is 5.75 Å². The van der Waals surface area contributed by atoms with E-state index in [1.165, 1.54) is 7.11 Å². The van der Waals surface area contributed by atoms with Gasteiger partial charge in [0.15, 0.2) is 11.5 Å². The number of nitrogens with zero attached hydrogens (tertiary/aromatic N) is 1. The lowest BCUT2D eigenvalue weighted by Gasteiger charge is -2.12. The summed E-state index contributed by atoms with van der Waals surface area (Å²) in [5.74, 6) is 1.49. The molecular weight excluding hydrogens is 320 g/mol. The average molecular weight is 338 g/mol. The Morgan fingerprint density at radius 2 is 2.04 bits per heavy atom. The van der Waals surface area contributed by atoms with Crippen LogP contribution in [0.3, 0.4) is 0 Å². The molecule has 0 aliphatic carbocycles. The van der Waals surface area contributed by atoms with E-state index in [4.69, 9.17) is 19.5 Å². The van der Waals surface area contributed by atoms with Crippen LogP contribution in [0.25, 0.3) is 0 Å². The molecule has 0 bridgehead atoms. The summed E-state index contributed by atoms with van der Waals surface area (Å²) in [6, 6.07) is 14.1. The minimum atomic E-state index is -0.0844. The Bertz CT molecular complexity index is 790. The van der Waals surface area contributed by atoms with Gasteiger partial charge in [-0.2, -0.15) is 5.26 Å². The van der Waals surface area contributed by atoms with Crippen LogP contribution in [-0.4, -0.2) is 26.2 Å². The quantitative estimate of drug-likeness (QED) is 0.904. The lowest BCUT2D eigenvalue weighted by atomic mass is 10.1. The maximum atomic E-state index is 12.1. The number of anilines is 1. The van der Waals surface area contributed by atoms with Gasteiger partial charge in [0.05, 0.1) is 31.3 Å². The van der Waals surface area contributed by atoms with Crippen molar-refractivity contribution in [1.29, 1.82) is 5.26 Å². The molecule has 1 N–H and O–H groups in total. The summed E-state index contributed by atoms with van der Waals surface area (Å²) in [5, 5.41) is 11.8. The number of hydrogen-bond donors (Lipinski definition) is 1. The predicted molar refractivity (Wildman–Crippen MR) is 91.8 cm³/mol. The Morgan fingerprint density at radius 3 is 2.68 bits per heavy atom. The minimum absolute atomic E-state index is 0.0278. The first kappa shape index (κ1) is 16.8. The normalized spacial score (nSPS) is 16.1. The first-order valence-electron chi connectivity index (χ1n) is 7.94. The maximum Gasteiger partial charge on any atom is 0.229 e. The minimum Gasteiger partial charge on any atom is -0.493 e. The van der Waals surface area contributed by atoms with Crippen LogP contribution >= 0.6 is 0 Å². The molecule has 0 unspecified atom stereocenters. The molecule has 1 saturated heterocycles. The standard InChI is InChI=1S/C19H18N2O4/c1-23-18-10-13(11-20)2-7-17(18)25-16-5-3-15(4-6-16)21-19(22)14-8-9-24-12-14/h2-7,10,14H,8-9,12H2,1H3,(H,21,22)/t14-/m1/s1. The number of amides is 1. The Balaban J connectivity index is 1.66. The van der Waals surface area contributed by atoms with E-state index < -0.39 is 0 Å². The second kappa shape index (κ2) is 7.69. The van der Waals surface area contributed by atoms with E-state index in [1.807, 2.05) is 0 Å². The van der Waals surface area contributed by atoms with Gasteiger partial charge in [-0.15, -0.1) is 0 Å². The molecule has 3 rings (SSSR count). The molecule has 0 radical (unpaired) electrons. The molecule has 1 amide bonds. The molecule has 6 nitrogen and oxygen atoms in total. The summed E-state index contributed by atoms with van der Waals surface area (Å²) < 4.78 is 16.3. The van der Waals surface area contributed by atoms with E-state index >= 15 is 0 Å². The molecule has 0 aromatic heterocycles. The van der Waals surface area contributed by atoms with Crippen LogP contribution in [0.2, 0.25) is 0 Å². The Morgan fingerprint density at radius 1 is 1.24 bits per heavy atom. The smallest absolute Gasteiger partial charge is 0.229 e. The molecule has 1 atom stereocenters. The van der Waals surface area contributed by atoms with Gasteiger partial charge in [-0.3, -0.25) is 4.79 Å². The van der Waals surface area contributed by atoms with E-state index in [1.54, 1.807) is 42.5 Å². The summed E-state index contributed by atoms with van der Waals surface area (Å²) in [4.78, 5) is 12.1. The zero-order valence-electron chi connectivity index (χ0n) is 13.8. The van der Waals surface area contributed by atoms with Crippen molar-refractivity contribution in [1.82, 2.24) is 0 Å². The van der Waals surface area contributed by atoms with Crippen LogP contribution in [0.4, 0.5) is 5.69 Å². The van der Waals surface area contributed by atoms with Crippen LogP contribution < -0.4 is 14.8 Å². The van der Waals surface area contributed by atoms with Crippen molar-refractivity contribution < 1.29 is 19.0 Å². The number of ether oxygens (including phenoxy) is 3. The van der Waals surface area contributed by atoms with E-state index in [0.29, 0.717) is 41.7 Å². The van der Waals surface area contributed by atoms with Gasteiger partial charge in [-0.25, -0.2) is 0 Å². The summed E-state index contributed by atoms with van der Waals surface area (Å²) in [7, 11) is 1.52. The van der Waals surface area contributed by atoms with E-state index in [0.717, 1.165) is 6.42 Å². The predicted octanol–water partition coefficient (Wildman–Crippen LogP) is 3.33. The molecule has 25 heavy (non-hydrogen) atoms. The molecule has 6 heteroatoms. The van der Waals surface area contributed by atoms with Crippen LogP contribution in [0.5, 0.6) is 17.2 Å². The zero-order valence-corrected chi connectivity index (χ0v) is 13.8. The first-order chi connectivity index (χ1) is 12.2. The van der Waals surface area contributed by atoms with Crippen LogP contribution in [0, 0.1) is 17.2 Å². The number of nitriles is 1. The Hall–Kier alpha value is -3.04. The number of rotatable bonds is 5. The van der Waals surface area contributed by atoms with Crippen molar-refractivity contribution in [2.24, 2.45) is 5.92 Å². The fraction of sp³-hybridized carbons (Fsp3) is 0.263. The maximum absolute atomic E-state index is 12.1. The SMILES string of the molecule is COc1cc(C#N)ccc1Oc1ccc(NC(=O)[C@@H]2CCOC2)cc1. The summed E-state index contributed by atoms with van der Waals surface area (Å²) >= 11 is 0. The van der Waals surface area contributed by atoms with Crippen molar-refractivity contribution in [2.45, 2.75) is 6.42 Å². The van der Waals surface area contributed by atoms with Crippen LogP contribution in [0.15, 0.2) is 42.5 Å². The number of methoxy groups -OCH3 is 1. The highest BCUT2D eigenvalue weighted by atomic mass is 16.5. The Kier molecular flexibility index (Phi) is 5.17. The monoisotopic (exact) mass is 338 g/mol. The molecule has 1 aliphatic rings. The highest BCUT2D eigenvalue weighted by Gasteiger charge is 2.23. The topological polar surface area (TPSA) is 80.6 Å². The second-order valence-electron chi connectivity index (χ2n) is 5.65. The van der Waals surface area contributed by atoms with Crippen molar-refractivity contribution >= 4 is 11.6 Å². The third-order valence-corrected chi connectivity index (χ3v) is 3.94. The van der Waals surface area contributed by atoms with Gasteiger partial charge in [0.25, 0.3) is 0 Å². The molecule has 1 fully saturated rings. The molecule has 2 aromatic carbocycles. The second-order valence-corrected chi connectivity index (χ2v) is 5.65. The summed E-state index contributed by atoms with van der Waals surface area (Å²) in [6.07, 6.45) is 0.755. The molecular formula is C19H18N2O4. The number of carbonyl (C=O) groups excluding carboxylic acids is 1. The molecule has 2 aromatic rings. The van der Waals surface area contributed by atoms with Gasteiger partial charge in [-0.05, 0) is 42.8 Å². The Labute approximate surface area is 145 Å².